The van der Waals surface area contributed by atoms with Gasteiger partial charge in [0.1, 0.15) is 0 Å². The molecule has 0 aromatic carbocycles. The Morgan fingerprint density at radius 2 is 1.68 bits per heavy atom. The van der Waals surface area contributed by atoms with Crippen molar-refractivity contribution in [3.63, 3.8) is 0 Å². The second-order valence-corrected chi connectivity index (χ2v) is 4.94. The first kappa shape index (κ1) is 17.1. The van der Waals surface area contributed by atoms with Gasteiger partial charge in [0.2, 0.25) is 0 Å². The van der Waals surface area contributed by atoms with Crippen LogP contribution in [0.15, 0.2) is 0 Å². The molecule has 1 heterocycles. The lowest BCUT2D eigenvalue weighted by molar-refractivity contribution is 0.0192. The molecule has 1 N–H and O–H groups in total. The number of rotatable bonds is 11. The highest BCUT2D eigenvalue weighted by Crippen LogP contribution is 2.21. The van der Waals surface area contributed by atoms with Gasteiger partial charge in [0.25, 0.3) is 0 Å². The Labute approximate surface area is 120 Å². The third kappa shape index (κ3) is 7.44. The molecule has 1 rings (SSSR count). The van der Waals surface area contributed by atoms with Crippen LogP contribution in [0.1, 0.15) is 12.8 Å². The highest BCUT2D eigenvalue weighted by atomic mass is 35.5. The summed E-state index contributed by atoms with van der Waals surface area (Å²) in [5.41, 5.74) is 0.0259. The first-order valence-corrected chi connectivity index (χ1v) is 7.39. The van der Waals surface area contributed by atoms with E-state index in [1.807, 2.05) is 0 Å². The zero-order chi connectivity index (χ0) is 13.8. The Bertz CT molecular complexity index is 213. The molecule has 0 bridgehead atoms. The Kier molecular flexibility index (Phi) is 9.77. The second-order valence-electron chi connectivity index (χ2n) is 4.67. The van der Waals surface area contributed by atoms with Crippen LogP contribution < -0.4 is 5.32 Å². The molecule has 0 amide bonds. The molecule has 0 aromatic rings. The van der Waals surface area contributed by atoms with E-state index in [0.717, 1.165) is 32.6 Å². The van der Waals surface area contributed by atoms with E-state index in [1.54, 1.807) is 7.11 Å². The van der Waals surface area contributed by atoms with E-state index in [4.69, 9.17) is 30.5 Å². The minimum Gasteiger partial charge on any atom is -0.382 e. The summed E-state index contributed by atoms with van der Waals surface area (Å²) in [6, 6.07) is 0. The lowest BCUT2D eigenvalue weighted by atomic mass is 9.92. The van der Waals surface area contributed by atoms with Crippen LogP contribution in [0.3, 0.4) is 0 Å². The number of hydrogen-bond acceptors (Lipinski definition) is 5. The summed E-state index contributed by atoms with van der Waals surface area (Å²) in [6.45, 7) is 5.52. The first-order valence-electron chi connectivity index (χ1n) is 6.86. The average Bonchev–Trinajstić information content (AvgIpc) is 2.46. The monoisotopic (exact) mass is 295 g/mol. The molecule has 0 aromatic heterocycles. The van der Waals surface area contributed by atoms with Gasteiger partial charge in [0, 0.05) is 38.3 Å². The molecule has 0 unspecified atom stereocenters. The van der Waals surface area contributed by atoms with Crippen LogP contribution in [-0.4, -0.2) is 71.3 Å². The first-order chi connectivity index (χ1) is 9.33. The number of ether oxygens (including phenoxy) is 4. The van der Waals surface area contributed by atoms with E-state index in [2.05, 4.69) is 5.32 Å². The van der Waals surface area contributed by atoms with Gasteiger partial charge in [-0.3, -0.25) is 0 Å². The maximum atomic E-state index is 6.06. The second kappa shape index (κ2) is 10.8. The molecular formula is C13H26ClNO4. The van der Waals surface area contributed by atoms with E-state index < -0.39 is 0 Å². The number of hydrogen-bond donors (Lipinski definition) is 1. The summed E-state index contributed by atoms with van der Waals surface area (Å²) in [4.78, 5) is 0. The van der Waals surface area contributed by atoms with E-state index >= 15 is 0 Å². The molecule has 0 saturated carbocycles. The van der Waals surface area contributed by atoms with Crippen molar-refractivity contribution in [2.45, 2.75) is 18.4 Å². The summed E-state index contributed by atoms with van der Waals surface area (Å²) < 4.78 is 21.0. The zero-order valence-corrected chi connectivity index (χ0v) is 12.5. The van der Waals surface area contributed by atoms with Crippen molar-refractivity contribution in [1.29, 1.82) is 0 Å². The van der Waals surface area contributed by atoms with Crippen LogP contribution in [-0.2, 0) is 18.9 Å². The fraction of sp³-hybridized carbons (Fsp3) is 1.00. The molecular weight excluding hydrogens is 270 g/mol. The van der Waals surface area contributed by atoms with Gasteiger partial charge >= 0.3 is 0 Å². The number of nitrogens with one attached hydrogen (secondary N) is 1. The van der Waals surface area contributed by atoms with Crippen LogP contribution in [0, 0.1) is 0 Å². The molecule has 114 valence electrons. The van der Waals surface area contributed by atoms with Crippen LogP contribution in [0.2, 0.25) is 0 Å². The van der Waals surface area contributed by atoms with Crippen molar-refractivity contribution < 1.29 is 18.9 Å². The van der Waals surface area contributed by atoms with Gasteiger partial charge in [-0.25, -0.2) is 0 Å². The molecule has 1 fully saturated rings. The van der Waals surface area contributed by atoms with Crippen molar-refractivity contribution >= 4 is 11.6 Å². The molecule has 1 saturated heterocycles. The summed E-state index contributed by atoms with van der Waals surface area (Å²) in [6.07, 6.45) is 1.94. The third-order valence-electron chi connectivity index (χ3n) is 3.26. The predicted molar refractivity (Wildman–Crippen MR) is 75.0 cm³/mol. The Hall–Kier alpha value is 0.0900. The Morgan fingerprint density at radius 1 is 1.05 bits per heavy atom. The van der Waals surface area contributed by atoms with Crippen molar-refractivity contribution in [1.82, 2.24) is 5.32 Å². The Morgan fingerprint density at radius 3 is 2.32 bits per heavy atom. The normalized spacial score (nSPS) is 18.6. The minimum absolute atomic E-state index is 0.0259. The fourth-order valence-corrected chi connectivity index (χ4v) is 2.33. The maximum Gasteiger partial charge on any atom is 0.0701 e. The highest BCUT2D eigenvalue weighted by molar-refractivity contribution is 6.18. The van der Waals surface area contributed by atoms with Crippen LogP contribution in [0.4, 0.5) is 0 Å². The number of halogens is 1. The standard InChI is InChI=1S/C13H26ClNO4/c1-16-8-9-19-11-10-18-7-4-15-13(12-14)2-5-17-6-3-13/h15H,2-12H2,1H3. The van der Waals surface area contributed by atoms with Gasteiger partial charge in [-0.2, -0.15) is 0 Å². The van der Waals surface area contributed by atoms with Crippen molar-refractivity contribution in [2.24, 2.45) is 0 Å². The topological polar surface area (TPSA) is 49.0 Å². The van der Waals surface area contributed by atoms with E-state index in [0.29, 0.717) is 38.9 Å². The fourth-order valence-electron chi connectivity index (χ4n) is 1.97. The van der Waals surface area contributed by atoms with Crippen molar-refractivity contribution in [2.75, 3.05) is 65.8 Å². The smallest absolute Gasteiger partial charge is 0.0701 e. The summed E-state index contributed by atoms with van der Waals surface area (Å²) in [5, 5.41) is 3.50. The van der Waals surface area contributed by atoms with E-state index in [1.165, 1.54) is 0 Å². The lowest BCUT2D eigenvalue weighted by Crippen LogP contribution is -2.52. The third-order valence-corrected chi connectivity index (χ3v) is 3.77. The molecule has 0 atom stereocenters. The van der Waals surface area contributed by atoms with Crippen LogP contribution in [0.25, 0.3) is 0 Å². The molecule has 1 aliphatic heterocycles. The number of alkyl halides is 1. The van der Waals surface area contributed by atoms with E-state index in [9.17, 15) is 0 Å². The van der Waals surface area contributed by atoms with Crippen LogP contribution >= 0.6 is 11.6 Å². The van der Waals surface area contributed by atoms with Crippen molar-refractivity contribution in [3.05, 3.63) is 0 Å². The largest absolute Gasteiger partial charge is 0.382 e. The molecule has 19 heavy (non-hydrogen) atoms. The Balaban J connectivity index is 1.94. The molecule has 0 spiro atoms. The average molecular weight is 296 g/mol. The molecule has 1 aliphatic rings. The molecule has 0 aliphatic carbocycles. The van der Waals surface area contributed by atoms with Crippen molar-refractivity contribution in [3.8, 4) is 0 Å². The minimum atomic E-state index is 0.0259. The molecule has 5 nitrogen and oxygen atoms in total. The van der Waals surface area contributed by atoms with Crippen LogP contribution in [0.5, 0.6) is 0 Å². The number of methoxy groups -OCH3 is 1. The van der Waals surface area contributed by atoms with Gasteiger partial charge in [0.05, 0.1) is 33.0 Å². The predicted octanol–water partition coefficient (Wildman–Crippen LogP) is 1.04. The van der Waals surface area contributed by atoms with Gasteiger partial charge in [-0.1, -0.05) is 0 Å². The maximum absolute atomic E-state index is 6.06. The summed E-state index contributed by atoms with van der Waals surface area (Å²) >= 11 is 6.06. The zero-order valence-electron chi connectivity index (χ0n) is 11.8. The quantitative estimate of drug-likeness (QED) is 0.456. The SMILES string of the molecule is COCCOCCOCCNC1(CCl)CCOCC1. The summed E-state index contributed by atoms with van der Waals surface area (Å²) in [7, 11) is 1.66. The van der Waals surface area contributed by atoms with Gasteiger partial charge < -0.3 is 24.3 Å². The van der Waals surface area contributed by atoms with E-state index in [-0.39, 0.29) is 5.54 Å². The lowest BCUT2D eigenvalue weighted by Gasteiger charge is -2.36. The van der Waals surface area contributed by atoms with Gasteiger partial charge in [-0.05, 0) is 12.8 Å². The molecule has 0 radical (unpaired) electrons. The summed E-state index contributed by atoms with van der Waals surface area (Å²) in [5.74, 6) is 0.622. The van der Waals surface area contributed by atoms with Gasteiger partial charge in [0.15, 0.2) is 0 Å². The van der Waals surface area contributed by atoms with Gasteiger partial charge in [-0.15, -0.1) is 11.6 Å². The molecule has 6 heteroatoms. The highest BCUT2D eigenvalue weighted by Gasteiger charge is 2.30.